The minimum absolute atomic E-state index is 0.159. The van der Waals surface area contributed by atoms with Crippen LogP contribution in [0.25, 0.3) is 0 Å². The molecule has 6 nitrogen and oxygen atoms in total. The minimum atomic E-state index is -0.159. The highest BCUT2D eigenvalue weighted by atomic mass is 79.9. The molecule has 1 N–H and O–H groups in total. The van der Waals surface area contributed by atoms with Crippen molar-refractivity contribution in [1.29, 1.82) is 0 Å². The quantitative estimate of drug-likeness (QED) is 0.720. The average molecular weight is 462 g/mol. The molecule has 0 aromatic carbocycles. The number of hydrogen-bond donors (Lipinski definition) is 1. The van der Waals surface area contributed by atoms with Gasteiger partial charge in [-0.25, -0.2) is 14.6 Å². The smallest absolute Gasteiger partial charge is 0.283 e. The Hall–Kier alpha value is -1.76. The topological polar surface area (TPSA) is 72.7 Å². The summed E-state index contributed by atoms with van der Waals surface area (Å²) in [5, 5.41) is 8.00. The molecule has 29 heavy (non-hydrogen) atoms. The van der Waals surface area contributed by atoms with E-state index < -0.39 is 0 Å². The molecule has 1 fully saturated rings. The molecule has 2 aromatic rings. The summed E-state index contributed by atoms with van der Waals surface area (Å²) in [6.07, 6.45) is 2.82. The van der Waals surface area contributed by atoms with E-state index in [1.807, 2.05) is 19.9 Å². The first-order valence-electron chi connectivity index (χ1n) is 10.3. The number of halogens is 1. The van der Waals surface area contributed by atoms with Crippen LogP contribution in [-0.4, -0.2) is 25.8 Å². The van der Waals surface area contributed by atoms with Gasteiger partial charge in [0.25, 0.3) is 5.56 Å². The maximum Gasteiger partial charge on any atom is 0.283 e. The Morgan fingerprint density at radius 3 is 2.59 bits per heavy atom. The van der Waals surface area contributed by atoms with Crippen molar-refractivity contribution >= 4 is 21.6 Å². The molecule has 1 saturated carbocycles. The average Bonchev–Trinajstić information content (AvgIpc) is 2.63. The van der Waals surface area contributed by atoms with E-state index in [0.29, 0.717) is 46.1 Å². The van der Waals surface area contributed by atoms with Crippen molar-refractivity contribution in [3.63, 3.8) is 0 Å². The summed E-state index contributed by atoms with van der Waals surface area (Å²) in [4.78, 5) is 21.6. The molecule has 0 aliphatic heterocycles. The second-order valence-corrected chi connectivity index (χ2v) is 10.0. The molecule has 0 radical (unpaired) electrons. The molecule has 0 bridgehead atoms. The largest absolute Gasteiger partial charge is 0.380 e. The van der Waals surface area contributed by atoms with E-state index in [9.17, 15) is 4.79 Å². The summed E-state index contributed by atoms with van der Waals surface area (Å²) in [6, 6.07) is 2.20. The minimum Gasteiger partial charge on any atom is -0.380 e. The Balaban J connectivity index is 1.82. The molecular weight excluding hydrogens is 430 g/mol. The molecule has 1 aliphatic carbocycles. The third-order valence-corrected chi connectivity index (χ3v) is 7.90. The normalized spacial score (nSPS) is 26.3. The van der Waals surface area contributed by atoms with Gasteiger partial charge in [-0.05, 0) is 65.4 Å². The number of nitrogens with zero attached hydrogens (tertiary/aromatic N) is 4. The number of nitrogens with one attached hydrogen (secondary N) is 1. The van der Waals surface area contributed by atoms with Gasteiger partial charge in [0.2, 0.25) is 0 Å². The highest BCUT2D eigenvalue weighted by Crippen LogP contribution is 2.48. The second kappa shape index (κ2) is 8.17. The Morgan fingerprint density at radius 2 is 1.93 bits per heavy atom. The van der Waals surface area contributed by atoms with E-state index in [1.165, 1.54) is 4.68 Å². The van der Waals surface area contributed by atoms with Gasteiger partial charge in [0, 0.05) is 11.7 Å². The van der Waals surface area contributed by atoms with E-state index in [-0.39, 0.29) is 5.56 Å². The number of hydrogen-bond acceptors (Lipinski definition) is 5. The predicted molar refractivity (Wildman–Crippen MR) is 120 cm³/mol. The molecule has 1 aliphatic rings. The Morgan fingerprint density at radius 1 is 1.24 bits per heavy atom. The molecule has 0 spiro atoms. The molecule has 4 atom stereocenters. The van der Waals surface area contributed by atoms with Gasteiger partial charge in [-0.3, -0.25) is 4.79 Å². The monoisotopic (exact) mass is 461 g/mol. The van der Waals surface area contributed by atoms with Crippen molar-refractivity contribution in [2.75, 3.05) is 5.32 Å². The van der Waals surface area contributed by atoms with E-state index >= 15 is 0 Å². The number of aryl methyl sites for hydroxylation is 2. The van der Waals surface area contributed by atoms with E-state index in [4.69, 9.17) is 0 Å². The first-order valence-corrected chi connectivity index (χ1v) is 11.1. The van der Waals surface area contributed by atoms with Crippen LogP contribution < -0.4 is 10.9 Å². The summed E-state index contributed by atoms with van der Waals surface area (Å²) in [6.45, 7) is 15.8. The number of anilines is 1. The summed E-state index contributed by atoms with van der Waals surface area (Å²) in [5.41, 5.74) is 2.58. The van der Waals surface area contributed by atoms with Crippen LogP contribution in [0.5, 0.6) is 0 Å². The van der Waals surface area contributed by atoms with Gasteiger partial charge >= 0.3 is 0 Å². The molecule has 2 heterocycles. The Labute approximate surface area is 181 Å². The van der Waals surface area contributed by atoms with Gasteiger partial charge in [-0.15, -0.1) is 0 Å². The van der Waals surface area contributed by atoms with E-state index in [0.717, 1.165) is 23.5 Å². The number of aromatic nitrogens is 4. The van der Waals surface area contributed by atoms with Crippen LogP contribution >= 0.6 is 15.9 Å². The third-order valence-electron chi connectivity index (χ3n) is 7.13. The molecule has 2 aromatic heterocycles. The highest BCUT2D eigenvalue weighted by molar-refractivity contribution is 9.10. The first-order chi connectivity index (χ1) is 13.5. The van der Waals surface area contributed by atoms with Crippen molar-refractivity contribution in [2.24, 2.45) is 23.2 Å². The Bertz CT molecular complexity index is 934. The summed E-state index contributed by atoms with van der Waals surface area (Å²) < 4.78 is 1.96. The van der Waals surface area contributed by atoms with Gasteiger partial charge in [0.15, 0.2) is 0 Å². The first kappa shape index (κ1) is 21.9. The molecular formula is C22H32BrN5O. The fraction of sp³-hybridized carbons (Fsp3) is 0.636. The van der Waals surface area contributed by atoms with Gasteiger partial charge in [-0.1, -0.05) is 34.6 Å². The zero-order valence-corrected chi connectivity index (χ0v) is 20.0. The summed E-state index contributed by atoms with van der Waals surface area (Å²) >= 11 is 3.50. The molecule has 158 valence electrons. The SMILES string of the molecule is Cc1cc(Cn2ncc(N[C@@H]3C[C@H](C)C(C)(C)[C@H](C)[C@H]3C)c(Br)c2=O)nc(C)n1. The Kier molecular flexibility index (Phi) is 6.18. The van der Waals surface area contributed by atoms with Gasteiger partial charge in [-0.2, -0.15) is 5.10 Å². The lowest BCUT2D eigenvalue weighted by atomic mass is 9.58. The maximum absolute atomic E-state index is 12.9. The second-order valence-electron chi connectivity index (χ2n) is 9.24. The zero-order chi connectivity index (χ0) is 21.5. The van der Waals surface area contributed by atoms with Crippen molar-refractivity contribution in [2.45, 2.75) is 67.5 Å². The molecule has 0 saturated heterocycles. The van der Waals surface area contributed by atoms with Crippen LogP contribution in [0.3, 0.4) is 0 Å². The predicted octanol–water partition coefficient (Wildman–Crippen LogP) is 4.58. The molecule has 0 unspecified atom stereocenters. The summed E-state index contributed by atoms with van der Waals surface area (Å²) in [5.74, 6) is 2.38. The van der Waals surface area contributed by atoms with Crippen molar-refractivity contribution < 1.29 is 0 Å². The lowest BCUT2D eigenvalue weighted by molar-refractivity contribution is 0.0316. The van der Waals surface area contributed by atoms with Crippen molar-refractivity contribution in [3.05, 3.63) is 44.3 Å². The van der Waals surface area contributed by atoms with Crippen LogP contribution in [0.4, 0.5) is 5.69 Å². The van der Waals surface area contributed by atoms with E-state index in [2.05, 4.69) is 70.9 Å². The van der Waals surface area contributed by atoms with Gasteiger partial charge < -0.3 is 5.32 Å². The fourth-order valence-corrected chi connectivity index (χ4v) is 4.89. The molecule has 3 rings (SSSR count). The fourth-order valence-electron chi connectivity index (χ4n) is 4.47. The summed E-state index contributed by atoms with van der Waals surface area (Å²) in [7, 11) is 0. The van der Waals surface area contributed by atoms with Crippen LogP contribution in [0.1, 0.15) is 58.3 Å². The van der Waals surface area contributed by atoms with Gasteiger partial charge in [0.1, 0.15) is 10.3 Å². The van der Waals surface area contributed by atoms with E-state index in [1.54, 1.807) is 6.20 Å². The standard InChI is InChI=1S/C22H32BrN5O/c1-12-8-18(14(3)15(4)22(12,6)7)27-19-10-24-28(21(29)20(19)23)11-17-9-13(2)25-16(5)26-17/h9-10,12,14-15,18,27H,8,11H2,1-7H3/t12-,14+,15+,18+/m0/s1. The highest BCUT2D eigenvalue weighted by Gasteiger charge is 2.43. The zero-order valence-electron chi connectivity index (χ0n) is 18.5. The van der Waals surface area contributed by atoms with Gasteiger partial charge in [0.05, 0.1) is 24.1 Å². The molecule has 0 amide bonds. The number of rotatable bonds is 4. The van der Waals surface area contributed by atoms with Crippen LogP contribution in [0.2, 0.25) is 0 Å². The van der Waals surface area contributed by atoms with Crippen molar-refractivity contribution in [3.8, 4) is 0 Å². The van der Waals surface area contributed by atoms with Crippen LogP contribution in [-0.2, 0) is 6.54 Å². The molecule has 7 heteroatoms. The maximum atomic E-state index is 12.9. The van der Waals surface area contributed by atoms with Crippen LogP contribution in [0.15, 0.2) is 21.5 Å². The lowest BCUT2D eigenvalue weighted by Crippen LogP contribution is -2.48. The van der Waals surface area contributed by atoms with Crippen LogP contribution in [0, 0.1) is 37.0 Å². The third kappa shape index (κ3) is 4.39. The lowest BCUT2D eigenvalue weighted by Gasteiger charge is -2.50. The van der Waals surface area contributed by atoms with Crippen molar-refractivity contribution in [1.82, 2.24) is 19.7 Å².